The fourth-order valence-corrected chi connectivity index (χ4v) is 3.67. The molecule has 0 unspecified atom stereocenters. The number of amides is 2. The minimum atomic E-state index is -1.12. The maximum absolute atomic E-state index is 13.0. The summed E-state index contributed by atoms with van der Waals surface area (Å²) in [5, 5.41) is 36.9. The number of nitro benzene ring substituents is 2. The molecule has 12 heteroatoms. The van der Waals surface area contributed by atoms with Crippen LogP contribution in [0.4, 0.5) is 11.4 Å². The van der Waals surface area contributed by atoms with Crippen LogP contribution in [0.5, 0.6) is 0 Å². The number of nitro groups is 2. The van der Waals surface area contributed by atoms with Gasteiger partial charge in [-0.2, -0.15) is 0 Å². The predicted octanol–water partition coefficient (Wildman–Crippen LogP) is 3.70. The fraction of sp³-hybridized carbons (Fsp3) is 0.160. The van der Waals surface area contributed by atoms with Crippen LogP contribution in [0.3, 0.4) is 0 Å². The number of hydrogen-bond donors (Lipinski definition) is 3. The monoisotopic (exact) mass is 506 g/mol. The van der Waals surface area contributed by atoms with E-state index < -0.39 is 51.1 Å². The Kier molecular flexibility index (Phi) is 8.60. The topological polar surface area (TPSA) is 182 Å². The van der Waals surface area contributed by atoms with E-state index in [0.29, 0.717) is 11.1 Å². The standard InChI is InChI=1S/C25H22N4O8/c30-23(26-22(15-24(31)32)17-9-5-2-6-10-17)14-21(16-7-3-1-4-8-16)27-25(33)18-11-19(28(34)35)13-20(12-18)29(36)37/h1-13,21-22H,14-15H2,(H,26,30)(H,27,33)(H,31,32)/t21-,22-/m0/s1. The number of carbonyl (C=O) groups is 3. The lowest BCUT2D eigenvalue weighted by molar-refractivity contribution is -0.394. The lowest BCUT2D eigenvalue weighted by Gasteiger charge is -2.22. The summed E-state index contributed by atoms with van der Waals surface area (Å²) >= 11 is 0. The summed E-state index contributed by atoms with van der Waals surface area (Å²) in [6.07, 6.45) is -0.662. The van der Waals surface area contributed by atoms with Crippen molar-refractivity contribution in [3.05, 3.63) is 116 Å². The maximum atomic E-state index is 13.0. The van der Waals surface area contributed by atoms with Gasteiger partial charge in [-0.3, -0.25) is 34.6 Å². The summed E-state index contributed by atoms with van der Waals surface area (Å²) < 4.78 is 0. The Bertz CT molecular complexity index is 1280. The smallest absolute Gasteiger partial charge is 0.305 e. The van der Waals surface area contributed by atoms with Crippen molar-refractivity contribution in [3.63, 3.8) is 0 Å². The van der Waals surface area contributed by atoms with Crippen molar-refractivity contribution in [2.45, 2.75) is 24.9 Å². The molecule has 3 aromatic carbocycles. The van der Waals surface area contributed by atoms with Crippen LogP contribution >= 0.6 is 0 Å². The lowest BCUT2D eigenvalue weighted by Crippen LogP contribution is -2.36. The number of non-ortho nitro benzene ring substituents is 2. The first-order chi connectivity index (χ1) is 17.6. The van der Waals surface area contributed by atoms with Gasteiger partial charge >= 0.3 is 5.97 Å². The van der Waals surface area contributed by atoms with Crippen LogP contribution in [0.15, 0.2) is 78.9 Å². The summed E-state index contributed by atoms with van der Waals surface area (Å²) in [7, 11) is 0. The van der Waals surface area contributed by atoms with Crippen molar-refractivity contribution in [2.24, 2.45) is 0 Å². The molecule has 0 heterocycles. The van der Waals surface area contributed by atoms with E-state index in [4.69, 9.17) is 0 Å². The highest BCUT2D eigenvalue weighted by Crippen LogP contribution is 2.25. The van der Waals surface area contributed by atoms with Crippen molar-refractivity contribution in [1.82, 2.24) is 10.6 Å². The molecule has 2 amide bonds. The fourth-order valence-electron chi connectivity index (χ4n) is 3.67. The Hall–Kier alpha value is -5.13. The molecule has 0 radical (unpaired) electrons. The average molecular weight is 506 g/mol. The first kappa shape index (κ1) is 26.5. The quantitative estimate of drug-likeness (QED) is 0.260. The minimum absolute atomic E-state index is 0.296. The maximum Gasteiger partial charge on any atom is 0.305 e. The molecule has 12 nitrogen and oxygen atoms in total. The number of carbonyl (C=O) groups excluding carboxylic acids is 2. The van der Waals surface area contributed by atoms with Crippen LogP contribution in [0, 0.1) is 20.2 Å². The molecule has 0 aliphatic carbocycles. The van der Waals surface area contributed by atoms with Gasteiger partial charge in [0.2, 0.25) is 5.91 Å². The third-order valence-electron chi connectivity index (χ3n) is 5.40. The van der Waals surface area contributed by atoms with Crippen LogP contribution in [0.25, 0.3) is 0 Å². The molecule has 37 heavy (non-hydrogen) atoms. The van der Waals surface area contributed by atoms with E-state index in [1.165, 1.54) is 0 Å². The summed E-state index contributed by atoms with van der Waals surface area (Å²) in [5.74, 6) is -2.54. The van der Waals surface area contributed by atoms with Gasteiger partial charge in [0, 0.05) is 12.1 Å². The van der Waals surface area contributed by atoms with E-state index in [9.17, 15) is 39.7 Å². The van der Waals surface area contributed by atoms with Crippen molar-refractivity contribution in [3.8, 4) is 0 Å². The number of carboxylic acids is 1. The SMILES string of the molecule is O=C(O)C[C@H](NC(=O)C[C@H](NC(=O)c1cc([N+](=O)[O-])cc([N+](=O)[O-])c1)c1ccccc1)c1ccccc1. The molecule has 190 valence electrons. The molecular weight excluding hydrogens is 484 g/mol. The highest BCUT2D eigenvalue weighted by atomic mass is 16.6. The Morgan fingerprint density at radius 2 is 1.19 bits per heavy atom. The third kappa shape index (κ3) is 7.42. The molecule has 0 aromatic heterocycles. The Morgan fingerprint density at radius 1 is 0.730 bits per heavy atom. The van der Waals surface area contributed by atoms with Crippen LogP contribution in [-0.4, -0.2) is 32.7 Å². The number of nitrogens with zero attached hydrogens (tertiary/aromatic N) is 2. The van der Waals surface area contributed by atoms with Crippen molar-refractivity contribution >= 4 is 29.2 Å². The number of hydrogen-bond acceptors (Lipinski definition) is 7. The molecule has 0 spiro atoms. The number of nitrogens with one attached hydrogen (secondary N) is 2. The van der Waals surface area contributed by atoms with E-state index in [-0.39, 0.29) is 18.4 Å². The van der Waals surface area contributed by atoms with Crippen molar-refractivity contribution < 1.29 is 29.3 Å². The largest absolute Gasteiger partial charge is 0.481 e. The van der Waals surface area contributed by atoms with Crippen molar-refractivity contribution in [2.75, 3.05) is 0 Å². The molecule has 3 rings (SSSR count). The minimum Gasteiger partial charge on any atom is -0.481 e. The molecule has 0 saturated heterocycles. The van der Waals surface area contributed by atoms with Gasteiger partial charge in [0.15, 0.2) is 0 Å². The number of aliphatic carboxylic acids is 1. The zero-order valence-electron chi connectivity index (χ0n) is 19.3. The van der Waals surface area contributed by atoms with Gasteiger partial charge in [0.25, 0.3) is 17.3 Å². The second kappa shape index (κ2) is 12.0. The van der Waals surface area contributed by atoms with Gasteiger partial charge in [-0.1, -0.05) is 60.7 Å². The summed E-state index contributed by atoms with van der Waals surface area (Å²) in [6.45, 7) is 0. The zero-order chi connectivity index (χ0) is 26.9. The highest BCUT2D eigenvalue weighted by molar-refractivity contribution is 5.96. The van der Waals surface area contributed by atoms with Gasteiger partial charge in [0.05, 0.1) is 46.4 Å². The number of rotatable bonds is 11. The molecule has 3 aromatic rings. The van der Waals surface area contributed by atoms with Crippen LogP contribution in [-0.2, 0) is 9.59 Å². The van der Waals surface area contributed by atoms with Crippen molar-refractivity contribution in [1.29, 1.82) is 0 Å². The van der Waals surface area contributed by atoms with E-state index >= 15 is 0 Å². The Labute approximate surface area is 210 Å². The van der Waals surface area contributed by atoms with Gasteiger partial charge in [-0.25, -0.2) is 0 Å². The van der Waals surface area contributed by atoms with Crippen LogP contribution in [0.2, 0.25) is 0 Å². The number of carboxylic acid groups (broad SMARTS) is 1. The summed E-state index contributed by atoms with van der Waals surface area (Å²) in [5.41, 5.74) is -0.474. The Morgan fingerprint density at radius 3 is 1.62 bits per heavy atom. The number of benzene rings is 3. The normalized spacial score (nSPS) is 12.1. The second-order valence-electron chi connectivity index (χ2n) is 8.02. The average Bonchev–Trinajstić information content (AvgIpc) is 2.88. The first-order valence-electron chi connectivity index (χ1n) is 11.0. The molecule has 0 aliphatic heterocycles. The lowest BCUT2D eigenvalue weighted by atomic mass is 10.0. The molecule has 0 saturated carbocycles. The van der Waals surface area contributed by atoms with E-state index in [1.54, 1.807) is 60.7 Å². The van der Waals surface area contributed by atoms with Gasteiger partial charge < -0.3 is 15.7 Å². The summed E-state index contributed by atoms with van der Waals surface area (Å²) in [6, 6.07) is 17.7. The molecule has 0 fully saturated rings. The second-order valence-corrected chi connectivity index (χ2v) is 8.02. The van der Waals surface area contributed by atoms with E-state index in [2.05, 4.69) is 10.6 Å². The van der Waals surface area contributed by atoms with Crippen LogP contribution < -0.4 is 10.6 Å². The van der Waals surface area contributed by atoms with Gasteiger partial charge in [-0.15, -0.1) is 0 Å². The summed E-state index contributed by atoms with van der Waals surface area (Å²) in [4.78, 5) is 58.0. The molecular formula is C25H22N4O8. The predicted molar refractivity (Wildman–Crippen MR) is 131 cm³/mol. The van der Waals surface area contributed by atoms with Gasteiger partial charge in [-0.05, 0) is 11.1 Å². The molecule has 3 N–H and O–H groups in total. The van der Waals surface area contributed by atoms with Crippen LogP contribution in [0.1, 0.15) is 46.4 Å². The van der Waals surface area contributed by atoms with E-state index in [0.717, 1.165) is 18.2 Å². The molecule has 2 atom stereocenters. The Balaban J connectivity index is 1.85. The highest BCUT2D eigenvalue weighted by Gasteiger charge is 2.25. The van der Waals surface area contributed by atoms with E-state index in [1.807, 2.05) is 0 Å². The molecule has 0 bridgehead atoms. The molecule has 0 aliphatic rings. The first-order valence-corrected chi connectivity index (χ1v) is 11.0. The third-order valence-corrected chi connectivity index (χ3v) is 5.40. The zero-order valence-corrected chi connectivity index (χ0v) is 19.3. The van der Waals surface area contributed by atoms with Gasteiger partial charge in [0.1, 0.15) is 0 Å².